The first-order valence-electron chi connectivity index (χ1n) is 6.55. The first-order chi connectivity index (χ1) is 9.54. The molecule has 0 aliphatic rings. The SMILES string of the molecule is CC(Oc1ccc(Cl)cc1Br)C(=O)NCCCCCO. The summed E-state index contributed by atoms with van der Waals surface area (Å²) in [5.74, 6) is 0.424. The Morgan fingerprint density at radius 1 is 1.45 bits per heavy atom. The molecule has 1 aromatic rings. The Bertz CT molecular complexity index is 442. The van der Waals surface area contributed by atoms with Gasteiger partial charge >= 0.3 is 0 Å². The molecule has 1 rings (SSSR count). The van der Waals surface area contributed by atoms with Gasteiger partial charge in [-0.3, -0.25) is 4.79 Å². The highest BCUT2D eigenvalue weighted by atomic mass is 79.9. The minimum absolute atomic E-state index is 0.157. The second kappa shape index (κ2) is 9.21. The molecule has 1 unspecified atom stereocenters. The molecule has 0 bridgehead atoms. The number of hydrogen-bond donors (Lipinski definition) is 2. The second-order valence-corrected chi connectivity index (χ2v) is 5.70. The third kappa shape index (κ3) is 6.11. The predicted octanol–water partition coefficient (Wildman–Crippen LogP) is 3.15. The fraction of sp³-hybridized carbons (Fsp3) is 0.500. The second-order valence-electron chi connectivity index (χ2n) is 4.41. The standard InChI is InChI=1S/C14H19BrClNO3/c1-10(14(19)17-7-3-2-4-8-18)20-13-6-5-11(16)9-12(13)15/h5-6,9-10,18H,2-4,7-8H2,1H3,(H,17,19). The topological polar surface area (TPSA) is 58.6 Å². The van der Waals surface area contributed by atoms with E-state index in [0.717, 1.165) is 19.3 Å². The molecule has 0 aromatic heterocycles. The summed E-state index contributed by atoms with van der Waals surface area (Å²) in [5.41, 5.74) is 0. The maximum atomic E-state index is 11.8. The summed E-state index contributed by atoms with van der Waals surface area (Å²) in [4.78, 5) is 11.8. The summed E-state index contributed by atoms with van der Waals surface area (Å²) in [7, 11) is 0. The van der Waals surface area contributed by atoms with Crippen LogP contribution in [0, 0.1) is 0 Å². The van der Waals surface area contributed by atoms with Crippen LogP contribution in [-0.2, 0) is 4.79 Å². The maximum absolute atomic E-state index is 11.8. The van der Waals surface area contributed by atoms with E-state index in [0.29, 0.717) is 21.8 Å². The number of halogens is 2. The minimum atomic E-state index is -0.578. The van der Waals surface area contributed by atoms with E-state index in [9.17, 15) is 4.79 Å². The van der Waals surface area contributed by atoms with Crippen molar-refractivity contribution >= 4 is 33.4 Å². The van der Waals surface area contributed by atoms with Gasteiger partial charge in [-0.25, -0.2) is 0 Å². The van der Waals surface area contributed by atoms with Crippen molar-refractivity contribution in [2.45, 2.75) is 32.3 Å². The summed E-state index contributed by atoms with van der Waals surface area (Å²) >= 11 is 9.18. The highest BCUT2D eigenvalue weighted by Gasteiger charge is 2.15. The molecular formula is C14H19BrClNO3. The number of amides is 1. The molecule has 112 valence electrons. The molecule has 6 heteroatoms. The van der Waals surface area contributed by atoms with Crippen molar-refractivity contribution < 1.29 is 14.6 Å². The van der Waals surface area contributed by atoms with Gasteiger partial charge in [0.15, 0.2) is 6.10 Å². The van der Waals surface area contributed by atoms with Gasteiger partial charge in [-0.15, -0.1) is 0 Å². The average Bonchev–Trinajstić information content (AvgIpc) is 2.41. The van der Waals surface area contributed by atoms with Crippen LogP contribution in [0.15, 0.2) is 22.7 Å². The Kier molecular flexibility index (Phi) is 7.95. The number of hydrogen-bond acceptors (Lipinski definition) is 3. The van der Waals surface area contributed by atoms with Crippen LogP contribution in [0.3, 0.4) is 0 Å². The smallest absolute Gasteiger partial charge is 0.260 e. The minimum Gasteiger partial charge on any atom is -0.480 e. The molecule has 0 heterocycles. The van der Waals surface area contributed by atoms with Crippen LogP contribution < -0.4 is 10.1 Å². The summed E-state index contributed by atoms with van der Waals surface area (Å²) in [6.45, 7) is 2.48. The number of ether oxygens (including phenoxy) is 1. The summed E-state index contributed by atoms with van der Waals surface area (Å²) in [6.07, 6.45) is 1.93. The number of carbonyl (C=O) groups is 1. The van der Waals surface area contributed by atoms with Crippen LogP contribution in [0.5, 0.6) is 5.75 Å². The van der Waals surface area contributed by atoms with Crippen LogP contribution in [0.1, 0.15) is 26.2 Å². The van der Waals surface area contributed by atoms with Crippen molar-refractivity contribution in [1.29, 1.82) is 0 Å². The predicted molar refractivity (Wildman–Crippen MR) is 83.2 cm³/mol. The monoisotopic (exact) mass is 363 g/mol. The van der Waals surface area contributed by atoms with Crippen LogP contribution in [0.25, 0.3) is 0 Å². The Balaban J connectivity index is 2.37. The molecule has 20 heavy (non-hydrogen) atoms. The Labute approximate surface area is 132 Å². The highest BCUT2D eigenvalue weighted by Crippen LogP contribution is 2.28. The molecule has 0 aliphatic heterocycles. The van der Waals surface area contributed by atoms with Crippen molar-refractivity contribution in [2.75, 3.05) is 13.2 Å². The molecule has 0 fully saturated rings. The maximum Gasteiger partial charge on any atom is 0.260 e. The lowest BCUT2D eigenvalue weighted by Crippen LogP contribution is -2.36. The van der Waals surface area contributed by atoms with E-state index < -0.39 is 6.10 Å². The van der Waals surface area contributed by atoms with Gasteiger partial charge in [0, 0.05) is 18.2 Å². The zero-order chi connectivity index (χ0) is 15.0. The average molecular weight is 365 g/mol. The third-order valence-corrected chi connectivity index (χ3v) is 3.56. The molecule has 0 spiro atoms. The first-order valence-corrected chi connectivity index (χ1v) is 7.72. The quantitative estimate of drug-likeness (QED) is 0.697. The molecule has 1 amide bonds. The Morgan fingerprint density at radius 3 is 2.85 bits per heavy atom. The van der Waals surface area contributed by atoms with Crippen molar-refractivity contribution in [3.63, 3.8) is 0 Å². The lowest BCUT2D eigenvalue weighted by molar-refractivity contribution is -0.127. The van der Waals surface area contributed by atoms with Crippen LogP contribution in [-0.4, -0.2) is 30.3 Å². The molecule has 0 saturated carbocycles. The fourth-order valence-electron chi connectivity index (χ4n) is 1.58. The summed E-state index contributed by atoms with van der Waals surface area (Å²) in [5, 5.41) is 12.1. The van der Waals surface area contributed by atoms with Gasteiger partial charge in [-0.05, 0) is 60.3 Å². The molecule has 1 aromatic carbocycles. The van der Waals surface area contributed by atoms with Crippen LogP contribution in [0.4, 0.5) is 0 Å². The van der Waals surface area contributed by atoms with Gasteiger partial charge in [0.05, 0.1) is 4.47 Å². The zero-order valence-electron chi connectivity index (χ0n) is 11.4. The van der Waals surface area contributed by atoms with Crippen LogP contribution >= 0.6 is 27.5 Å². The molecule has 1 atom stereocenters. The molecule has 0 radical (unpaired) electrons. The largest absolute Gasteiger partial charge is 0.480 e. The normalized spacial score (nSPS) is 12.0. The van der Waals surface area contributed by atoms with Crippen molar-refractivity contribution in [2.24, 2.45) is 0 Å². The summed E-state index contributed by atoms with van der Waals surface area (Å²) in [6, 6.07) is 5.15. The highest BCUT2D eigenvalue weighted by molar-refractivity contribution is 9.10. The van der Waals surface area contributed by atoms with E-state index in [1.54, 1.807) is 25.1 Å². The number of aliphatic hydroxyl groups excluding tert-OH is 1. The van der Waals surface area contributed by atoms with E-state index in [1.807, 2.05) is 0 Å². The van der Waals surface area contributed by atoms with Gasteiger partial charge in [-0.2, -0.15) is 0 Å². The van der Waals surface area contributed by atoms with Gasteiger partial charge in [0.2, 0.25) is 0 Å². The number of carbonyl (C=O) groups excluding carboxylic acids is 1. The van der Waals surface area contributed by atoms with Gasteiger partial charge < -0.3 is 15.2 Å². The van der Waals surface area contributed by atoms with Crippen molar-refractivity contribution in [3.8, 4) is 5.75 Å². The lowest BCUT2D eigenvalue weighted by Gasteiger charge is -2.15. The van der Waals surface area contributed by atoms with Crippen molar-refractivity contribution in [1.82, 2.24) is 5.32 Å². The van der Waals surface area contributed by atoms with E-state index in [1.165, 1.54) is 0 Å². The number of nitrogens with one attached hydrogen (secondary N) is 1. The zero-order valence-corrected chi connectivity index (χ0v) is 13.7. The molecule has 4 nitrogen and oxygen atoms in total. The van der Waals surface area contributed by atoms with Gasteiger partial charge in [0.25, 0.3) is 5.91 Å². The Morgan fingerprint density at radius 2 is 2.20 bits per heavy atom. The summed E-state index contributed by atoms with van der Waals surface area (Å²) < 4.78 is 6.30. The number of aliphatic hydroxyl groups is 1. The number of benzene rings is 1. The van der Waals surface area contributed by atoms with Gasteiger partial charge in [0.1, 0.15) is 5.75 Å². The van der Waals surface area contributed by atoms with E-state index >= 15 is 0 Å². The molecule has 2 N–H and O–H groups in total. The van der Waals surface area contributed by atoms with Crippen molar-refractivity contribution in [3.05, 3.63) is 27.7 Å². The number of rotatable bonds is 8. The lowest BCUT2D eigenvalue weighted by atomic mass is 10.2. The molecular weight excluding hydrogens is 346 g/mol. The van der Waals surface area contributed by atoms with Crippen LogP contribution in [0.2, 0.25) is 5.02 Å². The molecule has 0 aliphatic carbocycles. The third-order valence-electron chi connectivity index (χ3n) is 2.70. The first kappa shape index (κ1) is 17.3. The van der Waals surface area contributed by atoms with E-state index in [4.69, 9.17) is 21.4 Å². The Hall–Kier alpha value is -0.780. The fourth-order valence-corrected chi connectivity index (χ4v) is 2.36. The van der Waals surface area contributed by atoms with E-state index in [2.05, 4.69) is 21.2 Å². The number of unbranched alkanes of at least 4 members (excludes halogenated alkanes) is 2. The van der Waals surface area contributed by atoms with Gasteiger partial charge in [-0.1, -0.05) is 11.6 Å². The van der Waals surface area contributed by atoms with E-state index in [-0.39, 0.29) is 12.5 Å². The molecule has 0 saturated heterocycles.